The maximum atomic E-state index is 13.4. The Labute approximate surface area is 148 Å². The Kier molecular flexibility index (Phi) is 5.48. The van der Waals surface area contributed by atoms with E-state index in [2.05, 4.69) is 0 Å². The van der Waals surface area contributed by atoms with Crippen molar-refractivity contribution in [1.29, 1.82) is 0 Å². The first kappa shape index (κ1) is 19.7. The first-order valence-corrected chi connectivity index (χ1v) is 8.93. The summed E-state index contributed by atoms with van der Waals surface area (Å²) in [5, 5.41) is 10.4. The number of hydrogen-bond acceptors (Lipinski definition) is 3. The fraction of sp³-hybridized carbons (Fsp3) is 0.250. The SMILES string of the molecule is Cc1cccc(S(=O)(=O)NCC(O)(c2ccc(Cl)cc2)C(F)(F)F)c1. The average molecular weight is 394 g/mol. The Morgan fingerprint density at radius 3 is 2.24 bits per heavy atom. The van der Waals surface area contributed by atoms with Crippen molar-refractivity contribution >= 4 is 21.6 Å². The highest BCUT2D eigenvalue weighted by Gasteiger charge is 2.55. The highest BCUT2D eigenvalue weighted by atomic mass is 35.5. The molecule has 4 nitrogen and oxygen atoms in total. The van der Waals surface area contributed by atoms with Crippen LogP contribution < -0.4 is 4.72 Å². The second-order valence-electron chi connectivity index (χ2n) is 5.51. The number of aliphatic hydroxyl groups is 1. The summed E-state index contributed by atoms with van der Waals surface area (Å²) in [6.45, 7) is 0.382. The van der Waals surface area contributed by atoms with Gasteiger partial charge in [-0.05, 0) is 42.3 Å². The Morgan fingerprint density at radius 1 is 1.12 bits per heavy atom. The maximum absolute atomic E-state index is 13.4. The summed E-state index contributed by atoms with van der Waals surface area (Å²) in [5.74, 6) is 0. The Bertz CT molecular complexity index is 854. The lowest BCUT2D eigenvalue weighted by atomic mass is 9.93. The van der Waals surface area contributed by atoms with Crippen molar-refractivity contribution in [2.75, 3.05) is 6.54 Å². The number of benzene rings is 2. The van der Waals surface area contributed by atoms with Crippen molar-refractivity contribution in [2.45, 2.75) is 23.6 Å². The van der Waals surface area contributed by atoms with Gasteiger partial charge in [0.05, 0.1) is 11.4 Å². The molecule has 0 bridgehead atoms. The lowest BCUT2D eigenvalue weighted by Gasteiger charge is -2.31. The largest absolute Gasteiger partial charge is 0.422 e. The van der Waals surface area contributed by atoms with Crippen molar-refractivity contribution in [3.05, 3.63) is 64.7 Å². The van der Waals surface area contributed by atoms with Crippen LogP contribution in [0, 0.1) is 6.92 Å². The van der Waals surface area contributed by atoms with Gasteiger partial charge in [0.25, 0.3) is 0 Å². The third-order valence-corrected chi connectivity index (χ3v) is 5.26. The molecule has 0 heterocycles. The molecule has 9 heteroatoms. The normalized spacial score (nSPS) is 15.0. The molecule has 0 aliphatic carbocycles. The zero-order chi connectivity index (χ0) is 18.9. The first-order valence-electron chi connectivity index (χ1n) is 7.07. The molecule has 25 heavy (non-hydrogen) atoms. The molecule has 2 N–H and O–H groups in total. The second kappa shape index (κ2) is 6.95. The second-order valence-corrected chi connectivity index (χ2v) is 7.71. The van der Waals surface area contributed by atoms with Gasteiger partial charge in [-0.2, -0.15) is 13.2 Å². The van der Waals surface area contributed by atoms with Crippen LogP contribution in [0.25, 0.3) is 0 Å². The maximum Gasteiger partial charge on any atom is 0.422 e. The lowest BCUT2D eigenvalue weighted by Crippen LogP contribution is -2.51. The van der Waals surface area contributed by atoms with Gasteiger partial charge in [-0.3, -0.25) is 0 Å². The molecule has 0 fully saturated rings. The zero-order valence-electron chi connectivity index (χ0n) is 13.0. The smallest absolute Gasteiger partial charge is 0.375 e. The van der Waals surface area contributed by atoms with Crippen molar-refractivity contribution in [3.8, 4) is 0 Å². The molecule has 2 aromatic carbocycles. The number of hydrogen-bond donors (Lipinski definition) is 2. The Hall–Kier alpha value is -1.61. The summed E-state index contributed by atoms with van der Waals surface area (Å²) in [4.78, 5) is -0.187. The van der Waals surface area contributed by atoms with E-state index in [1.165, 1.54) is 30.3 Å². The van der Waals surface area contributed by atoms with Crippen LogP contribution in [0.3, 0.4) is 0 Å². The van der Waals surface area contributed by atoms with Gasteiger partial charge in [-0.1, -0.05) is 35.9 Å². The van der Waals surface area contributed by atoms with Crippen LogP contribution in [0.5, 0.6) is 0 Å². The van der Waals surface area contributed by atoms with Crippen LogP contribution in [-0.4, -0.2) is 26.2 Å². The standard InChI is InChI=1S/C16H15ClF3NO3S/c1-11-3-2-4-14(9-11)25(23,24)21-10-15(22,16(18,19)20)12-5-7-13(17)8-6-12/h2-9,21-22H,10H2,1H3. The molecule has 0 radical (unpaired) electrons. The molecular weight excluding hydrogens is 379 g/mol. The summed E-state index contributed by atoms with van der Waals surface area (Å²) in [5.41, 5.74) is -3.28. The fourth-order valence-corrected chi connectivity index (χ4v) is 3.45. The van der Waals surface area contributed by atoms with E-state index in [4.69, 9.17) is 11.6 Å². The molecule has 0 saturated heterocycles. The van der Waals surface area contributed by atoms with Gasteiger partial charge in [0, 0.05) is 5.02 Å². The molecule has 2 rings (SSSR count). The molecule has 0 aliphatic heterocycles. The highest BCUT2D eigenvalue weighted by Crippen LogP contribution is 2.39. The predicted octanol–water partition coefficient (Wildman–Crippen LogP) is 3.38. The first-order chi connectivity index (χ1) is 11.5. The zero-order valence-corrected chi connectivity index (χ0v) is 14.6. The molecular formula is C16H15ClF3NO3S. The summed E-state index contributed by atoms with van der Waals surface area (Å²) >= 11 is 5.65. The van der Waals surface area contributed by atoms with Crippen molar-refractivity contribution < 1.29 is 26.7 Å². The summed E-state index contributed by atoms with van der Waals surface area (Å²) in [7, 11) is -4.23. The third kappa shape index (κ3) is 4.33. The van der Waals surface area contributed by atoms with Gasteiger partial charge >= 0.3 is 6.18 Å². The minimum Gasteiger partial charge on any atom is -0.375 e. The molecule has 0 saturated carbocycles. The summed E-state index contributed by atoms with van der Waals surface area (Å²) < 4.78 is 66.5. The molecule has 1 atom stereocenters. The van der Waals surface area contributed by atoms with Gasteiger partial charge in [0.2, 0.25) is 10.0 Å². The van der Waals surface area contributed by atoms with Gasteiger partial charge in [-0.25, -0.2) is 13.1 Å². The fourth-order valence-electron chi connectivity index (χ4n) is 2.16. The van der Waals surface area contributed by atoms with Crippen LogP contribution in [-0.2, 0) is 15.6 Å². The Balaban J connectivity index is 2.34. The monoisotopic (exact) mass is 393 g/mol. The van der Waals surface area contributed by atoms with Crippen molar-refractivity contribution in [2.24, 2.45) is 0 Å². The third-order valence-electron chi connectivity index (χ3n) is 3.61. The van der Waals surface area contributed by atoms with E-state index in [9.17, 15) is 26.7 Å². The molecule has 136 valence electrons. The number of aryl methyl sites for hydroxylation is 1. The lowest BCUT2D eigenvalue weighted by molar-refractivity contribution is -0.263. The minimum atomic E-state index is -5.10. The number of rotatable bonds is 5. The molecule has 0 aliphatic rings. The van der Waals surface area contributed by atoms with Crippen molar-refractivity contribution in [3.63, 3.8) is 0 Å². The molecule has 0 aromatic heterocycles. The van der Waals surface area contributed by atoms with Crippen LogP contribution >= 0.6 is 11.6 Å². The highest BCUT2D eigenvalue weighted by molar-refractivity contribution is 7.89. The molecule has 0 amide bonds. The molecule has 1 unspecified atom stereocenters. The van der Waals surface area contributed by atoms with Crippen molar-refractivity contribution in [1.82, 2.24) is 4.72 Å². The Morgan fingerprint density at radius 2 is 1.72 bits per heavy atom. The van der Waals surface area contributed by atoms with Gasteiger partial charge in [-0.15, -0.1) is 0 Å². The predicted molar refractivity (Wildman–Crippen MR) is 87.8 cm³/mol. The van der Waals surface area contributed by atoms with E-state index in [0.717, 1.165) is 12.1 Å². The molecule has 2 aromatic rings. The van der Waals surface area contributed by atoms with Gasteiger partial charge in [0.15, 0.2) is 5.60 Å². The van der Waals surface area contributed by atoms with Crippen LogP contribution in [0.15, 0.2) is 53.4 Å². The summed E-state index contributed by atoms with van der Waals surface area (Å²) in [6, 6.07) is 10.1. The quantitative estimate of drug-likeness (QED) is 0.818. The average Bonchev–Trinajstić information content (AvgIpc) is 2.52. The number of halogens is 4. The van der Waals surface area contributed by atoms with Crippen LogP contribution in [0.1, 0.15) is 11.1 Å². The van der Waals surface area contributed by atoms with E-state index < -0.39 is 33.9 Å². The minimum absolute atomic E-state index is 0.187. The van der Waals surface area contributed by atoms with Gasteiger partial charge in [0.1, 0.15) is 0 Å². The van der Waals surface area contributed by atoms with Crippen LogP contribution in [0.2, 0.25) is 5.02 Å². The van der Waals surface area contributed by atoms with E-state index in [1.807, 2.05) is 4.72 Å². The van der Waals surface area contributed by atoms with Gasteiger partial charge < -0.3 is 5.11 Å². The van der Waals surface area contributed by atoms with Crippen LogP contribution in [0.4, 0.5) is 13.2 Å². The molecule has 0 spiro atoms. The van der Waals surface area contributed by atoms with E-state index in [1.54, 1.807) is 13.0 Å². The number of nitrogens with one attached hydrogen (secondary N) is 1. The number of alkyl halides is 3. The van der Waals surface area contributed by atoms with E-state index in [0.29, 0.717) is 5.56 Å². The van der Waals surface area contributed by atoms with E-state index in [-0.39, 0.29) is 9.92 Å². The topological polar surface area (TPSA) is 66.4 Å². The van der Waals surface area contributed by atoms with E-state index >= 15 is 0 Å². The number of sulfonamides is 1. The summed E-state index contributed by atoms with van der Waals surface area (Å²) in [6.07, 6.45) is -5.10.